The Hall–Kier alpha value is -3.85. The zero-order chi connectivity index (χ0) is 19.1. The number of benzene rings is 2. The second-order valence-corrected chi connectivity index (χ2v) is 5.01. The highest BCUT2D eigenvalue weighted by Gasteiger charge is 2.09. The Morgan fingerprint density at radius 2 is 1.81 bits per heavy atom. The lowest BCUT2D eigenvalue weighted by Gasteiger charge is -2.04. The predicted molar refractivity (Wildman–Crippen MR) is 91.9 cm³/mol. The lowest BCUT2D eigenvalue weighted by atomic mass is 10.1. The molecule has 0 atom stereocenters. The highest BCUT2D eigenvalue weighted by atomic mass is 16.5. The Labute approximate surface area is 147 Å². The summed E-state index contributed by atoms with van der Waals surface area (Å²) >= 11 is 0. The van der Waals surface area contributed by atoms with E-state index in [1.807, 2.05) is 0 Å². The molecule has 134 valence electrons. The lowest BCUT2D eigenvalue weighted by molar-refractivity contribution is -0.124. The van der Waals surface area contributed by atoms with E-state index in [1.165, 1.54) is 29.8 Å². The van der Waals surface area contributed by atoms with Crippen LogP contribution in [0.2, 0.25) is 0 Å². The molecule has 0 aliphatic carbocycles. The van der Waals surface area contributed by atoms with E-state index in [0.717, 1.165) is 18.4 Å². The third-order valence-corrected chi connectivity index (χ3v) is 3.22. The van der Waals surface area contributed by atoms with Crippen molar-refractivity contribution >= 4 is 24.1 Å². The number of phenolic OH excluding ortho intramolecular Hbond substituents is 3. The number of amides is 2. The molecular formula is C17H15N3O6. The molecular weight excluding hydrogens is 342 g/mol. The number of hydrogen-bond acceptors (Lipinski definition) is 7. The predicted octanol–water partition coefficient (Wildman–Crippen LogP) is 1.09. The summed E-state index contributed by atoms with van der Waals surface area (Å²) in [6.45, 7) is 0. The maximum Gasteiger partial charge on any atom is 0.271 e. The molecule has 9 heteroatoms. The van der Waals surface area contributed by atoms with Crippen LogP contribution in [0, 0.1) is 0 Å². The fourth-order valence-corrected chi connectivity index (χ4v) is 1.91. The van der Waals surface area contributed by atoms with Gasteiger partial charge in [0.2, 0.25) is 5.75 Å². The minimum absolute atomic E-state index is 0.0901. The minimum atomic E-state index is -0.707. The summed E-state index contributed by atoms with van der Waals surface area (Å²) in [4.78, 5) is 23.0. The average Bonchev–Trinajstić information content (AvgIpc) is 2.66. The second kappa shape index (κ2) is 8.31. The molecule has 0 aliphatic rings. The number of hydrazone groups is 1. The standard InChI is InChI=1S/C17H15N3O6/c21-13-6-5-12(15(23)16(13)24)9-18-19-17(25)11-3-1-2-10(8-11)4-7-14(22)20-26/h1-9,21,23-24,26H,(H,19,25)(H,20,22). The third-order valence-electron chi connectivity index (χ3n) is 3.22. The van der Waals surface area contributed by atoms with Gasteiger partial charge in [0.1, 0.15) is 0 Å². The highest BCUT2D eigenvalue weighted by molar-refractivity contribution is 5.96. The van der Waals surface area contributed by atoms with Gasteiger partial charge < -0.3 is 15.3 Å². The van der Waals surface area contributed by atoms with Crippen LogP contribution in [0.4, 0.5) is 0 Å². The van der Waals surface area contributed by atoms with E-state index >= 15 is 0 Å². The SMILES string of the molecule is O=C(C=Cc1cccc(C(=O)NN=Cc2ccc(O)c(O)c2O)c1)NO. The summed E-state index contributed by atoms with van der Waals surface area (Å²) in [6.07, 6.45) is 3.60. The van der Waals surface area contributed by atoms with Gasteiger partial charge in [-0.25, -0.2) is 10.9 Å². The zero-order valence-electron chi connectivity index (χ0n) is 13.2. The molecule has 2 rings (SSSR count). The largest absolute Gasteiger partial charge is 0.504 e. The number of hydrogen-bond donors (Lipinski definition) is 6. The van der Waals surface area contributed by atoms with E-state index in [2.05, 4.69) is 10.5 Å². The minimum Gasteiger partial charge on any atom is -0.504 e. The molecule has 2 aromatic rings. The van der Waals surface area contributed by atoms with Crippen LogP contribution < -0.4 is 10.9 Å². The van der Waals surface area contributed by atoms with Gasteiger partial charge in [-0.2, -0.15) is 5.10 Å². The first kappa shape index (κ1) is 18.5. The van der Waals surface area contributed by atoms with Crippen LogP contribution in [0.5, 0.6) is 17.2 Å². The number of rotatable bonds is 5. The first-order valence-electron chi connectivity index (χ1n) is 7.22. The van der Waals surface area contributed by atoms with Gasteiger partial charge in [-0.3, -0.25) is 14.8 Å². The normalized spacial score (nSPS) is 11.0. The Bertz CT molecular complexity index is 892. The summed E-state index contributed by atoms with van der Waals surface area (Å²) in [5.41, 5.74) is 4.59. The van der Waals surface area contributed by atoms with E-state index < -0.39 is 29.1 Å². The Balaban J connectivity index is 2.07. The molecule has 0 saturated heterocycles. The van der Waals surface area contributed by atoms with Crippen LogP contribution >= 0.6 is 0 Å². The molecule has 0 spiro atoms. The molecule has 0 radical (unpaired) electrons. The smallest absolute Gasteiger partial charge is 0.271 e. The van der Waals surface area contributed by atoms with E-state index in [1.54, 1.807) is 12.1 Å². The molecule has 0 bridgehead atoms. The van der Waals surface area contributed by atoms with E-state index in [0.29, 0.717) is 5.56 Å². The lowest BCUT2D eigenvalue weighted by Crippen LogP contribution is -2.17. The van der Waals surface area contributed by atoms with Gasteiger partial charge in [0, 0.05) is 17.2 Å². The summed E-state index contributed by atoms with van der Waals surface area (Å²) < 4.78 is 0. The van der Waals surface area contributed by atoms with Crippen LogP contribution in [0.1, 0.15) is 21.5 Å². The molecule has 0 fully saturated rings. The molecule has 0 saturated carbocycles. The molecule has 0 aliphatic heterocycles. The number of phenols is 3. The summed E-state index contributed by atoms with van der Waals surface area (Å²) in [7, 11) is 0. The monoisotopic (exact) mass is 357 g/mol. The number of hydroxylamine groups is 1. The van der Waals surface area contributed by atoms with Crippen molar-refractivity contribution in [2.24, 2.45) is 5.10 Å². The van der Waals surface area contributed by atoms with Crippen LogP contribution in [0.3, 0.4) is 0 Å². The van der Waals surface area contributed by atoms with Crippen molar-refractivity contribution in [1.82, 2.24) is 10.9 Å². The van der Waals surface area contributed by atoms with Crippen molar-refractivity contribution in [1.29, 1.82) is 0 Å². The zero-order valence-corrected chi connectivity index (χ0v) is 13.2. The first-order valence-corrected chi connectivity index (χ1v) is 7.22. The highest BCUT2D eigenvalue weighted by Crippen LogP contribution is 2.36. The van der Waals surface area contributed by atoms with Gasteiger partial charge >= 0.3 is 0 Å². The van der Waals surface area contributed by atoms with Crippen LogP contribution in [-0.4, -0.2) is 38.6 Å². The number of aromatic hydroxyl groups is 3. The van der Waals surface area contributed by atoms with Crippen LogP contribution in [-0.2, 0) is 4.79 Å². The van der Waals surface area contributed by atoms with Crippen molar-refractivity contribution in [3.63, 3.8) is 0 Å². The summed E-state index contributed by atoms with van der Waals surface area (Å²) in [6, 6.07) is 8.74. The summed E-state index contributed by atoms with van der Waals surface area (Å²) in [5.74, 6) is -3.00. The average molecular weight is 357 g/mol. The fraction of sp³-hybridized carbons (Fsp3) is 0. The number of carbonyl (C=O) groups excluding carboxylic acids is 2. The van der Waals surface area contributed by atoms with Crippen molar-refractivity contribution in [2.45, 2.75) is 0 Å². The van der Waals surface area contributed by atoms with Crippen molar-refractivity contribution < 1.29 is 30.1 Å². The molecule has 0 aromatic heterocycles. The number of nitrogens with zero attached hydrogens (tertiary/aromatic N) is 1. The van der Waals surface area contributed by atoms with Gasteiger partial charge in [0.15, 0.2) is 11.5 Å². The van der Waals surface area contributed by atoms with Crippen LogP contribution in [0.25, 0.3) is 6.08 Å². The molecule has 0 heterocycles. The van der Waals surface area contributed by atoms with Crippen molar-refractivity contribution in [3.8, 4) is 17.2 Å². The third kappa shape index (κ3) is 4.58. The van der Waals surface area contributed by atoms with Gasteiger partial charge in [0.05, 0.1) is 6.21 Å². The van der Waals surface area contributed by atoms with Gasteiger partial charge in [0.25, 0.3) is 11.8 Å². The molecule has 2 aromatic carbocycles. The second-order valence-electron chi connectivity index (χ2n) is 5.01. The van der Waals surface area contributed by atoms with E-state index in [4.69, 9.17) is 5.21 Å². The molecule has 9 nitrogen and oxygen atoms in total. The maximum atomic E-state index is 12.1. The molecule has 6 N–H and O–H groups in total. The van der Waals surface area contributed by atoms with Gasteiger partial charge in [-0.15, -0.1) is 0 Å². The maximum absolute atomic E-state index is 12.1. The van der Waals surface area contributed by atoms with Crippen molar-refractivity contribution in [3.05, 3.63) is 59.2 Å². The first-order chi connectivity index (χ1) is 12.4. The molecule has 0 unspecified atom stereocenters. The quantitative estimate of drug-likeness (QED) is 0.155. The Morgan fingerprint density at radius 3 is 2.54 bits per heavy atom. The molecule has 26 heavy (non-hydrogen) atoms. The van der Waals surface area contributed by atoms with Crippen LogP contribution in [0.15, 0.2) is 47.6 Å². The number of nitrogens with one attached hydrogen (secondary N) is 2. The van der Waals surface area contributed by atoms with E-state index in [-0.39, 0.29) is 11.1 Å². The topological polar surface area (TPSA) is 151 Å². The molecule has 2 amide bonds. The fourth-order valence-electron chi connectivity index (χ4n) is 1.91. The Morgan fingerprint density at radius 1 is 1.04 bits per heavy atom. The number of carbonyl (C=O) groups is 2. The van der Waals surface area contributed by atoms with Crippen molar-refractivity contribution in [2.75, 3.05) is 0 Å². The Kier molecular flexibility index (Phi) is 5.91. The van der Waals surface area contributed by atoms with Gasteiger partial charge in [-0.05, 0) is 35.9 Å². The van der Waals surface area contributed by atoms with Gasteiger partial charge in [-0.1, -0.05) is 12.1 Å². The summed E-state index contributed by atoms with van der Waals surface area (Å²) in [5, 5.41) is 40.4. The van der Waals surface area contributed by atoms with E-state index in [9.17, 15) is 24.9 Å².